The van der Waals surface area contributed by atoms with Gasteiger partial charge in [-0.1, -0.05) is 19.4 Å². The van der Waals surface area contributed by atoms with Crippen LogP contribution < -0.4 is 10.1 Å². The van der Waals surface area contributed by atoms with Crippen molar-refractivity contribution < 1.29 is 27.5 Å². The second-order valence-electron chi connectivity index (χ2n) is 7.96. The summed E-state index contributed by atoms with van der Waals surface area (Å²) in [6.07, 6.45) is 2.75. The summed E-state index contributed by atoms with van der Waals surface area (Å²) in [7, 11) is -2.41. The zero-order valence-corrected chi connectivity index (χ0v) is 20.0. The Morgan fingerprint density at radius 1 is 1.15 bits per heavy atom. The van der Waals surface area contributed by atoms with E-state index < -0.39 is 27.9 Å². The van der Waals surface area contributed by atoms with E-state index in [1.165, 1.54) is 17.5 Å². The van der Waals surface area contributed by atoms with Gasteiger partial charge in [0, 0.05) is 18.3 Å². The van der Waals surface area contributed by atoms with Crippen LogP contribution in [0.1, 0.15) is 48.5 Å². The molecule has 1 aliphatic rings. The summed E-state index contributed by atoms with van der Waals surface area (Å²) in [5.74, 6) is -0.384. The lowest BCUT2D eigenvalue weighted by molar-refractivity contribution is -0.119. The van der Waals surface area contributed by atoms with Gasteiger partial charge in [0.1, 0.15) is 11.8 Å². The minimum absolute atomic E-state index is 0.132. The Balaban J connectivity index is 1.72. The third-order valence-corrected chi connectivity index (χ3v) is 7.66. The van der Waals surface area contributed by atoms with Gasteiger partial charge in [0.05, 0.1) is 24.2 Å². The van der Waals surface area contributed by atoms with Gasteiger partial charge in [0.2, 0.25) is 15.9 Å². The molecular formula is C24H30N2O6S. The smallest absolute Gasteiger partial charge is 0.338 e. The normalized spacial score (nSPS) is 16.4. The summed E-state index contributed by atoms with van der Waals surface area (Å²) in [5, 5.41) is 2.77. The highest BCUT2D eigenvalue weighted by molar-refractivity contribution is 7.89. The van der Waals surface area contributed by atoms with E-state index in [-0.39, 0.29) is 11.4 Å². The number of sulfonamides is 1. The van der Waals surface area contributed by atoms with Gasteiger partial charge in [-0.25, -0.2) is 13.2 Å². The second kappa shape index (κ2) is 10.8. The van der Waals surface area contributed by atoms with E-state index in [1.54, 1.807) is 43.3 Å². The van der Waals surface area contributed by atoms with Crippen molar-refractivity contribution in [2.24, 2.45) is 0 Å². The fraction of sp³-hybridized carbons (Fsp3) is 0.417. The summed E-state index contributed by atoms with van der Waals surface area (Å²) in [4.78, 5) is 25.1. The molecule has 9 heteroatoms. The van der Waals surface area contributed by atoms with Crippen LogP contribution in [0.15, 0.2) is 47.4 Å². The monoisotopic (exact) mass is 474 g/mol. The number of hydrogen-bond donors (Lipinski definition) is 1. The van der Waals surface area contributed by atoms with E-state index >= 15 is 0 Å². The van der Waals surface area contributed by atoms with E-state index in [2.05, 4.69) is 5.32 Å². The maximum Gasteiger partial charge on any atom is 0.338 e. The Bertz CT molecular complexity index is 1100. The quantitative estimate of drug-likeness (QED) is 0.439. The number of aryl methyl sites for hydroxylation is 1. The highest BCUT2D eigenvalue weighted by atomic mass is 32.2. The average Bonchev–Trinajstić information content (AvgIpc) is 3.31. The summed E-state index contributed by atoms with van der Waals surface area (Å²) in [6, 6.07) is 10.4. The fourth-order valence-corrected chi connectivity index (χ4v) is 5.61. The van der Waals surface area contributed by atoms with Crippen LogP contribution >= 0.6 is 0 Å². The molecule has 178 valence electrons. The number of carbonyl (C=O) groups excluding carboxylic acids is 2. The highest BCUT2D eigenvalue weighted by Gasteiger charge is 2.40. The molecule has 0 saturated carbocycles. The van der Waals surface area contributed by atoms with Gasteiger partial charge in [0.25, 0.3) is 0 Å². The second-order valence-corrected chi connectivity index (χ2v) is 9.82. The van der Waals surface area contributed by atoms with E-state index in [0.29, 0.717) is 42.0 Å². The number of methoxy groups -OCH3 is 1. The number of amides is 1. The molecule has 0 unspecified atom stereocenters. The fourth-order valence-electron chi connectivity index (χ4n) is 3.71. The third kappa shape index (κ3) is 5.72. The zero-order valence-electron chi connectivity index (χ0n) is 19.2. The molecule has 1 aliphatic heterocycles. The zero-order chi connectivity index (χ0) is 24.0. The maximum atomic E-state index is 13.4. The number of benzene rings is 2. The topological polar surface area (TPSA) is 102 Å². The minimum Gasteiger partial charge on any atom is -0.497 e. The number of carbonyl (C=O) groups is 2. The third-order valence-electron chi connectivity index (χ3n) is 5.61. The highest BCUT2D eigenvalue weighted by Crippen LogP contribution is 2.30. The first kappa shape index (κ1) is 24.7. The van der Waals surface area contributed by atoms with Gasteiger partial charge in [-0.05, 0) is 62.1 Å². The number of esters is 1. The number of nitrogens with one attached hydrogen (secondary N) is 1. The number of unbranched alkanes of at least 4 members (excludes halogenated alkanes) is 1. The van der Waals surface area contributed by atoms with E-state index in [9.17, 15) is 18.0 Å². The van der Waals surface area contributed by atoms with Crippen molar-refractivity contribution in [1.29, 1.82) is 0 Å². The maximum absolute atomic E-state index is 13.4. The molecule has 0 aliphatic carbocycles. The van der Waals surface area contributed by atoms with Gasteiger partial charge >= 0.3 is 5.97 Å². The van der Waals surface area contributed by atoms with Crippen LogP contribution in [0.3, 0.4) is 0 Å². The van der Waals surface area contributed by atoms with Crippen LogP contribution in [0.5, 0.6) is 5.75 Å². The first-order valence-electron chi connectivity index (χ1n) is 11.0. The molecule has 1 saturated heterocycles. The van der Waals surface area contributed by atoms with Crippen molar-refractivity contribution in [3.05, 3.63) is 53.6 Å². The molecule has 1 atom stereocenters. The lowest BCUT2D eigenvalue weighted by Crippen LogP contribution is -2.43. The van der Waals surface area contributed by atoms with Crippen molar-refractivity contribution in [3.8, 4) is 5.75 Å². The number of anilines is 1. The Morgan fingerprint density at radius 3 is 2.55 bits per heavy atom. The summed E-state index contributed by atoms with van der Waals surface area (Å²) < 4.78 is 38.3. The molecule has 2 aromatic rings. The molecule has 2 aromatic carbocycles. The Kier molecular flexibility index (Phi) is 8.10. The van der Waals surface area contributed by atoms with Gasteiger partial charge in [-0.2, -0.15) is 4.31 Å². The van der Waals surface area contributed by atoms with Crippen LogP contribution in [-0.4, -0.2) is 50.9 Å². The largest absolute Gasteiger partial charge is 0.497 e. The predicted octanol–water partition coefficient (Wildman–Crippen LogP) is 3.75. The van der Waals surface area contributed by atoms with Gasteiger partial charge in [-0.15, -0.1) is 0 Å². The van der Waals surface area contributed by atoms with E-state index in [1.807, 2.05) is 6.92 Å². The predicted molar refractivity (Wildman–Crippen MR) is 125 cm³/mol. The summed E-state index contributed by atoms with van der Waals surface area (Å²) >= 11 is 0. The van der Waals surface area contributed by atoms with Crippen molar-refractivity contribution >= 4 is 27.6 Å². The Morgan fingerprint density at radius 2 is 1.88 bits per heavy atom. The number of ether oxygens (including phenoxy) is 2. The van der Waals surface area contributed by atoms with Crippen molar-refractivity contribution in [2.45, 2.75) is 50.5 Å². The molecule has 0 spiro atoms. The Hall–Kier alpha value is -2.91. The first-order valence-corrected chi connectivity index (χ1v) is 12.5. The van der Waals surface area contributed by atoms with Gasteiger partial charge in [-0.3, -0.25) is 4.79 Å². The van der Waals surface area contributed by atoms with Gasteiger partial charge < -0.3 is 14.8 Å². The number of rotatable bonds is 9. The molecule has 0 bridgehead atoms. The van der Waals surface area contributed by atoms with Crippen molar-refractivity contribution in [1.82, 2.24) is 4.31 Å². The molecule has 0 radical (unpaired) electrons. The van der Waals surface area contributed by atoms with Crippen LogP contribution in [0.4, 0.5) is 5.69 Å². The summed E-state index contributed by atoms with van der Waals surface area (Å²) in [5.41, 5.74) is 1.46. The Labute approximate surface area is 194 Å². The average molecular weight is 475 g/mol. The molecule has 1 N–H and O–H groups in total. The van der Waals surface area contributed by atoms with E-state index in [4.69, 9.17) is 9.47 Å². The molecule has 1 fully saturated rings. The summed E-state index contributed by atoms with van der Waals surface area (Å²) in [6.45, 7) is 4.36. The number of nitrogens with zero attached hydrogens (tertiary/aromatic N) is 1. The van der Waals surface area contributed by atoms with E-state index in [0.717, 1.165) is 12.8 Å². The standard InChI is InChI=1S/C24H30N2O6S/c1-4-5-15-32-24(28)18-9-11-19(12-10-18)25-23(27)21-7-6-14-26(21)33(29,30)22-16-20(31-3)13-8-17(22)2/h8-13,16,21H,4-7,14-15H2,1-3H3,(H,25,27)/t21-/m0/s1. The SMILES string of the molecule is CCCCOC(=O)c1ccc(NC(=O)[C@@H]2CCCN2S(=O)(=O)c2cc(OC)ccc2C)cc1. The molecule has 8 nitrogen and oxygen atoms in total. The van der Waals surface area contributed by atoms with Crippen LogP contribution in [0.25, 0.3) is 0 Å². The minimum atomic E-state index is -3.89. The van der Waals surface area contributed by atoms with Crippen LogP contribution in [-0.2, 0) is 19.6 Å². The first-order chi connectivity index (χ1) is 15.8. The lowest BCUT2D eigenvalue weighted by atomic mass is 10.2. The van der Waals surface area contributed by atoms with Crippen LogP contribution in [0.2, 0.25) is 0 Å². The van der Waals surface area contributed by atoms with Gasteiger partial charge in [0.15, 0.2) is 0 Å². The molecular weight excluding hydrogens is 444 g/mol. The number of hydrogen-bond acceptors (Lipinski definition) is 6. The molecule has 1 heterocycles. The molecule has 3 rings (SSSR count). The van der Waals surface area contributed by atoms with Crippen molar-refractivity contribution in [2.75, 3.05) is 25.6 Å². The lowest BCUT2D eigenvalue weighted by Gasteiger charge is -2.24. The molecule has 0 aromatic heterocycles. The molecule has 33 heavy (non-hydrogen) atoms. The molecule has 1 amide bonds. The van der Waals surface area contributed by atoms with Crippen LogP contribution in [0, 0.1) is 6.92 Å². The van der Waals surface area contributed by atoms with Crippen molar-refractivity contribution in [3.63, 3.8) is 0 Å².